The third-order valence-electron chi connectivity index (χ3n) is 6.08. The van der Waals surface area contributed by atoms with Crippen molar-refractivity contribution < 1.29 is 28.6 Å². The Balaban J connectivity index is 1.52. The van der Waals surface area contributed by atoms with Crippen LogP contribution in [0.25, 0.3) is 0 Å². The summed E-state index contributed by atoms with van der Waals surface area (Å²) < 4.78 is 16.8. The van der Waals surface area contributed by atoms with Gasteiger partial charge < -0.3 is 14.2 Å². The maximum Gasteiger partial charge on any atom is 0.352 e. The molecule has 36 heavy (non-hydrogen) atoms. The van der Waals surface area contributed by atoms with E-state index in [2.05, 4.69) is 0 Å². The minimum Gasteiger partial charge on any atom is -0.458 e. The summed E-state index contributed by atoms with van der Waals surface area (Å²) in [6.45, 7) is 0.00919. The lowest BCUT2D eigenvalue weighted by Crippen LogP contribution is -2.45. The molecule has 0 unspecified atom stereocenters. The first kappa shape index (κ1) is 23.1. The minimum absolute atomic E-state index is 0.00919. The third kappa shape index (κ3) is 4.14. The standard InChI is InChI=1S/C30H22O6/c31-27(34-20-21-12-4-1-5-13-21)26(22-14-6-2-7-15-22)36-29(33)30(23-16-8-3-9-17-23)24-18-10-11-19-25(24)35-28(30)32/h1-19,26H,20H2/t26-,30+/m0/s1. The highest BCUT2D eigenvalue weighted by Gasteiger charge is 2.58. The molecule has 5 rings (SSSR count). The fraction of sp³-hybridized carbons (Fsp3) is 0.100. The molecule has 6 heteroatoms. The SMILES string of the molecule is O=C(OCc1ccccc1)[C@@H](OC(=O)[C@@]1(c2ccccc2)C(=O)Oc2ccccc21)c1ccccc1. The molecule has 6 nitrogen and oxygen atoms in total. The number of ether oxygens (including phenoxy) is 3. The van der Waals surface area contributed by atoms with Crippen LogP contribution in [-0.4, -0.2) is 17.9 Å². The van der Waals surface area contributed by atoms with Crippen molar-refractivity contribution in [2.24, 2.45) is 0 Å². The van der Waals surface area contributed by atoms with Gasteiger partial charge in [-0.25, -0.2) is 9.59 Å². The van der Waals surface area contributed by atoms with Crippen molar-refractivity contribution in [3.05, 3.63) is 138 Å². The number of rotatable bonds is 7. The zero-order valence-corrected chi connectivity index (χ0v) is 19.2. The minimum atomic E-state index is -1.88. The van der Waals surface area contributed by atoms with Crippen LogP contribution in [0, 0.1) is 0 Å². The number of hydrogen-bond donors (Lipinski definition) is 0. The van der Waals surface area contributed by atoms with E-state index in [0.717, 1.165) is 5.56 Å². The molecule has 4 aromatic rings. The highest BCUT2D eigenvalue weighted by atomic mass is 16.6. The molecule has 0 fully saturated rings. The summed E-state index contributed by atoms with van der Waals surface area (Å²) in [6, 6.07) is 33.0. The van der Waals surface area contributed by atoms with Crippen LogP contribution in [0.2, 0.25) is 0 Å². The van der Waals surface area contributed by atoms with Gasteiger partial charge in [0.2, 0.25) is 11.5 Å². The predicted molar refractivity (Wildman–Crippen MR) is 131 cm³/mol. The molecule has 1 heterocycles. The Kier molecular flexibility index (Phi) is 6.33. The number of carbonyl (C=O) groups is 3. The number of hydrogen-bond acceptors (Lipinski definition) is 6. The van der Waals surface area contributed by atoms with Gasteiger partial charge in [-0.15, -0.1) is 0 Å². The van der Waals surface area contributed by atoms with Gasteiger partial charge in [-0.3, -0.25) is 4.79 Å². The molecule has 1 aliphatic rings. The lowest BCUT2D eigenvalue weighted by Gasteiger charge is -2.27. The van der Waals surface area contributed by atoms with Crippen molar-refractivity contribution in [2.45, 2.75) is 18.1 Å². The van der Waals surface area contributed by atoms with E-state index in [1.54, 1.807) is 84.9 Å². The maximum absolute atomic E-state index is 14.0. The van der Waals surface area contributed by atoms with E-state index in [4.69, 9.17) is 14.2 Å². The quantitative estimate of drug-likeness (QED) is 0.213. The Morgan fingerprint density at radius 3 is 2.03 bits per heavy atom. The maximum atomic E-state index is 14.0. The van der Waals surface area contributed by atoms with Crippen molar-refractivity contribution in [3.8, 4) is 5.75 Å². The number of esters is 3. The molecule has 0 amide bonds. The van der Waals surface area contributed by atoms with E-state index < -0.39 is 29.4 Å². The summed E-state index contributed by atoms with van der Waals surface area (Å²) in [7, 11) is 0. The Hall–Kier alpha value is -4.71. The number of para-hydroxylation sites is 1. The molecule has 0 N–H and O–H groups in total. The van der Waals surface area contributed by atoms with Gasteiger partial charge in [0.25, 0.3) is 0 Å². The molecule has 4 aromatic carbocycles. The largest absolute Gasteiger partial charge is 0.458 e. The van der Waals surface area contributed by atoms with Crippen molar-refractivity contribution in [2.75, 3.05) is 0 Å². The summed E-state index contributed by atoms with van der Waals surface area (Å²) in [6.07, 6.45) is -1.39. The molecule has 0 radical (unpaired) electrons. The third-order valence-corrected chi connectivity index (χ3v) is 6.08. The smallest absolute Gasteiger partial charge is 0.352 e. The highest BCUT2D eigenvalue weighted by molar-refractivity contribution is 6.14. The first-order chi connectivity index (χ1) is 17.6. The molecule has 0 aromatic heterocycles. The topological polar surface area (TPSA) is 78.9 Å². The van der Waals surface area contributed by atoms with Gasteiger partial charge in [-0.05, 0) is 17.2 Å². The lowest BCUT2D eigenvalue weighted by molar-refractivity contribution is -0.174. The molecule has 1 aliphatic heterocycles. The van der Waals surface area contributed by atoms with Gasteiger partial charge in [0.15, 0.2) is 0 Å². The van der Waals surface area contributed by atoms with Crippen LogP contribution in [0.15, 0.2) is 115 Å². The number of carbonyl (C=O) groups excluding carboxylic acids is 3. The van der Waals surface area contributed by atoms with Gasteiger partial charge >= 0.3 is 17.9 Å². The number of benzene rings is 4. The van der Waals surface area contributed by atoms with Gasteiger partial charge in [0.05, 0.1) is 0 Å². The fourth-order valence-corrected chi connectivity index (χ4v) is 4.30. The summed E-state index contributed by atoms with van der Waals surface area (Å²) in [5, 5.41) is 0. The van der Waals surface area contributed by atoms with Crippen LogP contribution in [0.3, 0.4) is 0 Å². The Morgan fingerprint density at radius 2 is 1.33 bits per heavy atom. The van der Waals surface area contributed by atoms with Crippen LogP contribution in [0.1, 0.15) is 28.4 Å². The van der Waals surface area contributed by atoms with Crippen LogP contribution in [-0.2, 0) is 35.9 Å². The first-order valence-corrected chi connectivity index (χ1v) is 11.4. The summed E-state index contributed by atoms with van der Waals surface area (Å²) in [5.41, 5.74) is 0.0693. The second-order valence-electron chi connectivity index (χ2n) is 8.29. The monoisotopic (exact) mass is 478 g/mol. The molecule has 0 saturated heterocycles. The van der Waals surface area contributed by atoms with Gasteiger partial charge in [-0.2, -0.15) is 0 Å². The molecular formula is C30H22O6. The summed E-state index contributed by atoms with van der Waals surface area (Å²) in [5.74, 6) is -2.19. The van der Waals surface area contributed by atoms with E-state index in [0.29, 0.717) is 16.7 Å². The van der Waals surface area contributed by atoms with Gasteiger partial charge in [0, 0.05) is 11.1 Å². The average molecular weight is 479 g/mol. The van der Waals surface area contributed by atoms with Crippen molar-refractivity contribution in [3.63, 3.8) is 0 Å². The predicted octanol–water partition coefficient (Wildman–Crippen LogP) is 4.92. The molecule has 178 valence electrons. The van der Waals surface area contributed by atoms with Gasteiger partial charge in [0.1, 0.15) is 12.4 Å². The van der Waals surface area contributed by atoms with Crippen molar-refractivity contribution >= 4 is 17.9 Å². The molecule has 0 bridgehead atoms. The van der Waals surface area contributed by atoms with E-state index in [9.17, 15) is 14.4 Å². The molecule has 0 saturated carbocycles. The van der Waals surface area contributed by atoms with E-state index in [1.165, 1.54) is 0 Å². The highest BCUT2D eigenvalue weighted by Crippen LogP contribution is 2.46. The molecule has 2 atom stereocenters. The molecular weight excluding hydrogens is 456 g/mol. The molecule has 0 spiro atoms. The van der Waals surface area contributed by atoms with E-state index in [1.807, 2.05) is 30.3 Å². The normalized spacial score (nSPS) is 16.9. The van der Waals surface area contributed by atoms with Crippen LogP contribution in [0.4, 0.5) is 0 Å². The molecule has 0 aliphatic carbocycles. The Bertz CT molecular complexity index is 1380. The van der Waals surface area contributed by atoms with Crippen molar-refractivity contribution in [1.82, 2.24) is 0 Å². The van der Waals surface area contributed by atoms with E-state index >= 15 is 0 Å². The first-order valence-electron chi connectivity index (χ1n) is 11.4. The summed E-state index contributed by atoms with van der Waals surface area (Å²) >= 11 is 0. The Labute approximate surface area is 208 Å². The second kappa shape index (κ2) is 9.88. The second-order valence-corrected chi connectivity index (χ2v) is 8.29. The van der Waals surface area contributed by atoms with Crippen LogP contribution in [0.5, 0.6) is 5.75 Å². The fourth-order valence-electron chi connectivity index (χ4n) is 4.30. The van der Waals surface area contributed by atoms with E-state index in [-0.39, 0.29) is 12.4 Å². The van der Waals surface area contributed by atoms with Crippen LogP contribution >= 0.6 is 0 Å². The zero-order chi connectivity index (χ0) is 25.0. The lowest BCUT2D eigenvalue weighted by atomic mass is 9.75. The Morgan fingerprint density at radius 1 is 0.750 bits per heavy atom. The summed E-state index contributed by atoms with van der Waals surface area (Å²) in [4.78, 5) is 40.5. The average Bonchev–Trinajstić information content (AvgIpc) is 3.24. The van der Waals surface area contributed by atoms with Crippen LogP contribution < -0.4 is 4.74 Å². The number of fused-ring (bicyclic) bond motifs is 1. The van der Waals surface area contributed by atoms with Gasteiger partial charge in [-0.1, -0.05) is 109 Å². The van der Waals surface area contributed by atoms with Crippen molar-refractivity contribution in [1.29, 1.82) is 0 Å². The zero-order valence-electron chi connectivity index (χ0n) is 19.2.